The molecule has 5 fully saturated rings. The van der Waals surface area contributed by atoms with Gasteiger partial charge in [0.15, 0.2) is 11.5 Å². The maximum atomic E-state index is 13.8. The van der Waals surface area contributed by atoms with Crippen LogP contribution in [-0.2, 0) is 19.2 Å². The predicted molar refractivity (Wildman–Crippen MR) is 235 cm³/mol. The minimum Gasteiger partial charge on any atom is -0.371 e. The van der Waals surface area contributed by atoms with Gasteiger partial charge in [0.1, 0.15) is 6.04 Å². The van der Waals surface area contributed by atoms with E-state index in [4.69, 9.17) is 10.7 Å². The number of primary amides is 1. The van der Waals surface area contributed by atoms with Crippen molar-refractivity contribution in [2.24, 2.45) is 17.6 Å². The third-order valence-electron chi connectivity index (χ3n) is 14.1. The third-order valence-corrected chi connectivity index (χ3v) is 14.1. The van der Waals surface area contributed by atoms with Crippen LogP contribution in [0.2, 0.25) is 0 Å². The fourth-order valence-electron chi connectivity index (χ4n) is 10.6. The number of carbonyl (C=O) groups is 7. The molecular formula is C46H55N11O7. The number of carbonyl (C=O) groups excluding carboxylic acids is 7. The minimum absolute atomic E-state index is 0.0544. The van der Waals surface area contributed by atoms with Crippen LogP contribution in [0.5, 0.6) is 0 Å². The van der Waals surface area contributed by atoms with Gasteiger partial charge in [-0.15, -0.1) is 10.2 Å². The van der Waals surface area contributed by atoms with Gasteiger partial charge in [0.05, 0.1) is 17.0 Å². The number of anilines is 4. The van der Waals surface area contributed by atoms with E-state index >= 15 is 0 Å². The molecular weight excluding hydrogens is 819 g/mol. The maximum Gasteiger partial charge on any atom is 0.273 e. The number of nitrogens with zero attached hydrogens (tertiary/aromatic N) is 8. The second-order valence-corrected chi connectivity index (χ2v) is 18.1. The first-order chi connectivity index (χ1) is 30.9. The van der Waals surface area contributed by atoms with Crippen molar-refractivity contribution >= 4 is 64.5 Å². The van der Waals surface area contributed by atoms with E-state index in [1.807, 2.05) is 39.0 Å². The number of aromatic nitrogens is 3. The summed E-state index contributed by atoms with van der Waals surface area (Å²) < 4.78 is 0. The molecule has 3 unspecified atom stereocenters. The van der Waals surface area contributed by atoms with Gasteiger partial charge in [0.25, 0.3) is 17.7 Å². The highest BCUT2D eigenvalue weighted by atomic mass is 16.2. The Morgan fingerprint density at radius 1 is 0.828 bits per heavy atom. The van der Waals surface area contributed by atoms with Crippen molar-refractivity contribution in [1.82, 2.24) is 35.2 Å². The largest absolute Gasteiger partial charge is 0.371 e. The van der Waals surface area contributed by atoms with Crippen molar-refractivity contribution in [1.29, 1.82) is 0 Å². The Balaban J connectivity index is 0.779. The zero-order valence-electron chi connectivity index (χ0n) is 36.2. The average Bonchev–Trinajstić information content (AvgIpc) is 3.89. The first kappa shape index (κ1) is 42.8. The molecule has 18 heteroatoms. The van der Waals surface area contributed by atoms with Crippen molar-refractivity contribution in [3.8, 4) is 0 Å². The van der Waals surface area contributed by atoms with Crippen LogP contribution in [0.4, 0.5) is 23.1 Å². The fourth-order valence-corrected chi connectivity index (χ4v) is 10.6. The van der Waals surface area contributed by atoms with Crippen LogP contribution in [0, 0.1) is 11.8 Å². The lowest BCUT2D eigenvalue weighted by Crippen LogP contribution is -2.54. The van der Waals surface area contributed by atoms with Crippen LogP contribution in [-0.4, -0.2) is 129 Å². The van der Waals surface area contributed by atoms with Crippen LogP contribution >= 0.6 is 0 Å². The van der Waals surface area contributed by atoms with E-state index in [1.54, 1.807) is 18.2 Å². The van der Waals surface area contributed by atoms with Crippen LogP contribution in [0.1, 0.15) is 120 Å². The SMILES string of the molecule is CCCC1CCN([C@@H]2CCCN(c3nnc(C(N)=O)c(Nc4ccc(C5CCN(C(=O)C6CCN(c7ccc8c(c7)C(=O)N(C7CCC(=O)NC7=O)C8=O)C6)CC5)cc4)n3)C2)C(=O)C1. The second kappa shape index (κ2) is 18.0. The molecule has 2 aromatic carbocycles. The zero-order chi connectivity index (χ0) is 44.6. The van der Waals surface area contributed by atoms with Crippen LogP contribution < -0.4 is 26.2 Å². The second-order valence-electron chi connectivity index (χ2n) is 18.1. The summed E-state index contributed by atoms with van der Waals surface area (Å²) in [4.78, 5) is 104. The molecule has 5 saturated heterocycles. The molecule has 64 heavy (non-hydrogen) atoms. The zero-order valence-corrected chi connectivity index (χ0v) is 36.2. The highest BCUT2D eigenvalue weighted by Gasteiger charge is 2.45. The Labute approximate surface area is 371 Å². The van der Waals surface area contributed by atoms with E-state index in [-0.39, 0.29) is 65.2 Å². The Morgan fingerprint density at radius 2 is 1.61 bits per heavy atom. The van der Waals surface area contributed by atoms with Crippen molar-refractivity contribution in [3.63, 3.8) is 0 Å². The van der Waals surface area contributed by atoms with Crippen LogP contribution in [0.15, 0.2) is 42.5 Å². The van der Waals surface area contributed by atoms with Crippen LogP contribution in [0.3, 0.4) is 0 Å². The van der Waals surface area contributed by atoms with Gasteiger partial charge in [-0.2, -0.15) is 4.98 Å². The first-order valence-corrected chi connectivity index (χ1v) is 22.8. The maximum absolute atomic E-state index is 13.8. The van der Waals surface area contributed by atoms with E-state index < -0.39 is 35.6 Å². The summed E-state index contributed by atoms with van der Waals surface area (Å²) in [6.07, 6.45) is 8.04. The predicted octanol–water partition coefficient (Wildman–Crippen LogP) is 3.36. The Hall–Kier alpha value is -6.46. The number of amides is 7. The minimum atomic E-state index is -1.03. The number of hydrogen-bond acceptors (Lipinski definition) is 13. The van der Waals surface area contributed by atoms with Gasteiger partial charge in [-0.05, 0) is 92.7 Å². The summed E-state index contributed by atoms with van der Waals surface area (Å²) in [6, 6.07) is 12.1. The number of piperidine rings is 4. The van der Waals surface area contributed by atoms with Gasteiger partial charge in [-0.3, -0.25) is 43.8 Å². The summed E-state index contributed by atoms with van der Waals surface area (Å²) in [5.41, 5.74) is 8.68. The van der Waals surface area contributed by atoms with Gasteiger partial charge in [-0.1, -0.05) is 31.9 Å². The number of nitrogens with one attached hydrogen (secondary N) is 2. The number of nitrogens with two attached hydrogens (primary N) is 1. The molecule has 7 amide bonds. The molecule has 1 aromatic heterocycles. The van der Waals surface area contributed by atoms with Gasteiger partial charge >= 0.3 is 0 Å². The third kappa shape index (κ3) is 8.48. The molecule has 9 rings (SSSR count). The highest BCUT2D eigenvalue weighted by Crippen LogP contribution is 2.35. The number of hydrogen-bond donors (Lipinski definition) is 3. The Bertz CT molecular complexity index is 2370. The quantitative estimate of drug-likeness (QED) is 0.236. The van der Waals surface area contributed by atoms with Gasteiger partial charge in [-0.25, -0.2) is 0 Å². The van der Waals surface area contributed by atoms with Crippen LogP contribution in [0.25, 0.3) is 0 Å². The molecule has 6 aliphatic heterocycles. The lowest BCUT2D eigenvalue weighted by Gasteiger charge is -2.42. The lowest BCUT2D eigenvalue weighted by molar-refractivity contribution is -0.138. The smallest absolute Gasteiger partial charge is 0.273 e. The number of likely N-dealkylation sites (tertiary alicyclic amines) is 2. The van der Waals surface area contributed by atoms with E-state index in [1.165, 1.54) is 0 Å². The van der Waals surface area contributed by atoms with Crippen molar-refractivity contribution in [3.05, 3.63) is 64.8 Å². The van der Waals surface area contributed by atoms with Gasteiger partial charge < -0.3 is 30.7 Å². The molecule has 18 nitrogen and oxygen atoms in total. The van der Waals surface area contributed by atoms with Crippen molar-refractivity contribution in [2.45, 2.75) is 95.6 Å². The van der Waals surface area contributed by atoms with Gasteiger partial charge in [0.2, 0.25) is 29.6 Å². The molecule has 0 aliphatic carbocycles. The van der Waals surface area contributed by atoms with Crippen molar-refractivity contribution in [2.75, 3.05) is 60.9 Å². The number of imide groups is 2. The highest BCUT2D eigenvalue weighted by molar-refractivity contribution is 6.23. The van der Waals surface area contributed by atoms with Gasteiger partial charge in [0, 0.05) is 76.1 Å². The lowest BCUT2D eigenvalue weighted by atomic mass is 9.89. The molecule has 0 radical (unpaired) electrons. The number of benzene rings is 2. The molecule has 7 heterocycles. The topological polar surface area (TPSA) is 224 Å². The van der Waals surface area contributed by atoms with E-state index in [0.29, 0.717) is 69.7 Å². The molecule has 0 saturated carbocycles. The molecule has 4 N–H and O–H groups in total. The Kier molecular flexibility index (Phi) is 12.0. The van der Waals surface area contributed by atoms with E-state index in [9.17, 15) is 33.6 Å². The monoisotopic (exact) mass is 873 g/mol. The summed E-state index contributed by atoms with van der Waals surface area (Å²) in [5, 5.41) is 13.9. The normalized spacial score (nSPS) is 24.3. The number of fused-ring (bicyclic) bond motifs is 1. The molecule has 3 aromatic rings. The fraction of sp³-hybridized carbons (Fsp3) is 0.522. The summed E-state index contributed by atoms with van der Waals surface area (Å²) in [5.74, 6) is -1.46. The first-order valence-electron chi connectivity index (χ1n) is 22.8. The molecule has 336 valence electrons. The summed E-state index contributed by atoms with van der Waals surface area (Å²) in [6.45, 7) is 6.62. The summed E-state index contributed by atoms with van der Waals surface area (Å²) >= 11 is 0. The van der Waals surface area contributed by atoms with E-state index in [2.05, 4.69) is 32.7 Å². The van der Waals surface area contributed by atoms with Crippen molar-refractivity contribution < 1.29 is 33.6 Å². The average molecular weight is 874 g/mol. The summed E-state index contributed by atoms with van der Waals surface area (Å²) in [7, 11) is 0. The standard InChI is InChI=1S/C46H55N11O7/c1-2-4-27-14-22-56(38(59)23-27)33-5-3-18-55(26-33)46-50-41(39(40(47)60)51-52-46)48-31-8-6-28(7-9-31)29-15-19-53(20-16-29)43(62)30-17-21-54(25-30)32-10-11-34-35(24-32)45(64)57(44(34)63)36-12-13-37(58)49-42(36)61/h6-11,24,27,29-30,33,36H,2-5,12-23,25-26H2,1H3,(H2,47,60)(H,48,50,52)(H,49,58,61)/t27?,30?,33-,36?/m1/s1. The molecule has 0 spiro atoms. The molecule has 0 bridgehead atoms. The Morgan fingerprint density at radius 3 is 2.34 bits per heavy atom. The van der Waals surface area contributed by atoms with E-state index in [0.717, 1.165) is 67.6 Å². The molecule has 6 aliphatic rings. The number of rotatable bonds is 11. The molecule has 4 atom stereocenters.